The molecular formula is C16H22N4O3S. The summed E-state index contributed by atoms with van der Waals surface area (Å²) in [5.41, 5.74) is 0.224. The third-order valence-corrected chi connectivity index (χ3v) is 5.40. The van der Waals surface area contributed by atoms with Crippen LogP contribution in [0.2, 0.25) is 0 Å². The van der Waals surface area contributed by atoms with Crippen molar-refractivity contribution in [1.82, 2.24) is 15.2 Å². The first-order chi connectivity index (χ1) is 11.4. The van der Waals surface area contributed by atoms with Crippen molar-refractivity contribution in [3.05, 3.63) is 11.1 Å². The molecule has 2 aliphatic rings. The number of nitrogens with one attached hydrogen (secondary N) is 2. The van der Waals surface area contributed by atoms with Crippen molar-refractivity contribution in [3.63, 3.8) is 0 Å². The highest BCUT2D eigenvalue weighted by atomic mass is 32.1. The Kier molecular flexibility index (Phi) is 4.58. The van der Waals surface area contributed by atoms with Gasteiger partial charge in [-0.2, -0.15) is 0 Å². The first kappa shape index (κ1) is 16.9. The van der Waals surface area contributed by atoms with E-state index in [1.165, 1.54) is 16.2 Å². The molecule has 1 aromatic rings. The van der Waals surface area contributed by atoms with Crippen LogP contribution in [0.4, 0.5) is 9.93 Å². The third kappa shape index (κ3) is 3.15. The second-order valence-corrected chi connectivity index (χ2v) is 7.56. The van der Waals surface area contributed by atoms with Gasteiger partial charge >= 0.3 is 6.03 Å². The maximum Gasteiger partial charge on any atom is 0.325 e. The Labute approximate surface area is 144 Å². The van der Waals surface area contributed by atoms with E-state index in [4.69, 9.17) is 0 Å². The zero-order valence-electron chi connectivity index (χ0n) is 13.9. The number of carbonyl (C=O) groups is 3. The molecule has 0 unspecified atom stereocenters. The second-order valence-electron chi connectivity index (χ2n) is 6.71. The highest BCUT2D eigenvalue weighted by Gasteiger charge is 2.52. The molecule has 0 aromatic carbocycles. The standard InChI is InChI=1S/C16H22N4O3S/c1-10(2)11-9-24-14(17-11)18-12(21)5-8-20-13(22)16(19-15(20)23)6-3-4-7-16/h9-10H,3-8H2,1-2H3,(H,19,23)(H,17,18,21). The Balaban J connectivity index is 1.54. The molecule has 2 fully saturated rings. The van der Waals surface area contributed by atoms with Gasteiger partial charge in [0.2, 0.25) is 5.91 Å². The smallest absolute Gasteiger partial charge is 0.323 e. The van der Waals surface area contributed by atoms with Crippen molar-refractivity contribution >= 4 is 34.3 Å². The molecule has 1 aromatic heterocycles. The van der Waals surface area contributed by atoms with Gasteiger partial charge in [-0.1, -0.05) is 26.7 Å². The van der Waals surface area contributed by atoms with E-state index in [-0.39, 0.29) is 30.8 Å². The summed E-state index contributed by atoms with van der Waals surface area (Å²) in [6.45, 7) is 4.18. The van der Waals surface area contributed by atoms with E-state index < -0.39 is 5.54 Å². The maximum absolute atomic E-state index is 12.5. The third-order valence-electron chi connectivity index (χ3n) is 4.63. The predicted octanol–water partition coefficient (Wildman–Crippen LogP) is 2.46. The van der Waals surface area contributed by atoms with Crippen LogP contribution in [0.5, 0.6) is 0 Å². The van der Waals surface area contributed by atoms with Crippen molar-refractivity contribution in [2.24, 2.45) is 0 Å². The lowest BCUT2D eigenvalue weighted by Gasteiger charge is -2.19. The van der Waals surface area contributed by atoms with E-state index in [1.807, 2.05) is 19.2 Å². The van der Waals surface area contributed by atoms with Crippen LogP contribution in [0.15, 0.2) is 5.38 Å². The fourth-order valence-electron chi connectivity index (χ4n) is 3.20. The maximum atomic E-state index is 12.5. The number of hydrogen-bond acceptors (Lipinski definition) is 5. The van der Waals surface area contributed by atoms with Crippen LogP contribution in [0, 0.1) is 0 Å². The van der Waals surface area contributed by atoms with Crippen LogP contribution >= 0.6 is 11.3 Å². The lowest BCUT2D eigenvalue weighted by molar-refractivity contribution is -0.131. The molecule has 8 heteroatoms. The number of nitrogens with zero attached hydrogens (tertiary/aromatic N) is 2. The predicted molar refractivity (Wildman–Crippen MR) is 90.9 cm³/mol. The average molecular weight is 350 g/mol. The lowest BCUT2D eigenvalue weighted by Crippen LogP contribution is -2.44. The number of anilines is 1. The van der Waals surface area contributed by atoms with Crippen LogP contribution in [-0.2, 0) is 9.59 Å². The molecule has 7 nitrogen and oxygen atoms in total. The van der Waals surface area contributed by atoms with Gasteiger partial charge in [-0.15, -0.1) is 11.3 Å². The zero-order valence-corrected chi connectivity index (χ0v) is 14.7. The largest absolute Gasteiger partial charge is 0.325 e. The summed E-state index contributed by atoms with van der Waals surface area (Å²) in [4.78, 5) is 42.1. The van der Waals surface area contributed by atoms with E-state index in [0.717, 1.165) is 18.5 Å². The molecule has 130 valence electrons. The molecular weight excluding hydrogens is 328 g/mol. The highest BCUT2D eigenvalue weighted by Crippen LogP contribution is 2.35. The van der Waals surface area contributed by atoms with Gasteiger partial charge < -0.3 is 10.6 Å². The minimum absolute atomic E-state index is 0.0752. The number of thiazole rings is 1. The summed E-state index contributed by atoms with van der Waals surface area (Å²) in [6, 6.07) is -0.383. The summed E-state index contributed by atoms with van der Waals surface area (Å²) in [5, 5.41) is 8.01. The number of amides is 4. The van der Waals surface area contributed by atoms with E-state index in [2.05, 4.69) is 15.6 Å². The van der Waals surface area contributed by atoms with Crippen LogP contribution in [0.3, 0.4) is 0 Å². The Morgan fingerprint density at radius 3 is 2.75 bits per heavy atom. The van der Waals surface area contributed by atoms with Gasteiger partial charge in [-0.25, -0.2) is 9.78 Å². The van der Waals surface area contributed by atoms with Crippen molar-refractivity contribution in [2.45, 2.75) is 57.4 Å². The van der Waals surface area contributed by atoms with Gasteiger partial charge in [0.1, 0.15) is 5.54 Å². The Morgan fingerprint density at radius 1 is 1.42 bits per heavy atom. The zero-order chi connectivity index (χ0) is 17.3. The lowest BCUT2D eigenvalue weighted by atomic mass is 9.98. The molecule has 0 atom stereocenters. The number of aromatic nitrogens is 1. The summed E-state index contributed by atoms with van der Waals surface area (Å²) >= 11 is 1.38. The highest BCUT2D eigenvalue weighted by molar-refractivity contribution is 7.13. The van der Waals surface area contributed by atoms with Crippen LogP contribution in [-0.4, -0.2) is 39.8 Å². The molecule has 24 heavy (non-hydrogen) atoms. The summed E-state index contributed by atoms with van der Waals surface area (Å²) < 4.78 is 0. The molecule has 1 saturated heterocycles. The van der Waals surface area contributed by atoms with Crippen LogP contribution in [0.25, 0.3) is 0 Å². The number of hydrogen-bond donors (Lipinski definition) is 2. The number of urea groups is 1. The van der Waals surface area contributed by atoms with Gasteiger partial charge in [0.05, 0.1) is 5.69 Å². The number of rotatable bonds is 5. The summed E-state index contributed by atoms with van der Waals surface area (Å²) in [7, 11) is 0. The minimum atomic E-state index is -0.713. The molecule has 3 rings (SSSR count). The van der Waals surface area contributed by atoms with Crippen molar-refractivity contribution in [2.75, 3.05) is 11.9 Å². The Bertz CT molecular complexity index is 664. The summed E-state index contributed by atoms with van der Waals surface area (Å²) in [5.74, 6) is -0.123. The second kappa shape index (κ2) is 6.51. The van der Waals surface area contributed by atoms with Gasteiger partial charge in [-0.05, 0) is 18.8 Å². The Morgan fingerprint density at radius 2 is 2.12 bits per heavy atom. The SMILES string of the molecule is CC(C)c1csc(NC(=O)CCN2C(=O)NC3(CCCC3)C2=O)n1. The molecule has 1 saturated carbocycles. The van der Waals surface area contributed by atoms with E-state index >= 15 is 0 Å². The van der Waals surface area contributed by atoms with Crippen molar-refractivity contribution in [1.29, 1.82) is 0 Å². The van der Waals surface area contributed by atoms with Gasteiger partial charge in [0.25, 0.3) is 5.91 Å². The number of carbonyl (C=O) groups excluding carboxylic acids is 3. The van der Waals surface area contributed by atoms with Gasteiger partial charge in [0, 0.05) is 18.3 Å². The molecule has 1 aliphatic carbocycles. The quantitative estimate of drug-likeness (QED) is 0.798. The molecule has 2 N–H and O–H groups in total. The molecule has 0 radical (unpaired) electrons. The molecule has 4 amide bonds. The molecule has 2 heterocycles. The monoisotopic (exact) mass is 350 g/mol. The first-order valence-corrected chi connectivity index (χ1v) is 9.19. The molecule has 1 spiro atoms. The topological polar surface area (TPSA) is 91.4 Å². The van der Waals surface area contributed by atoms with Crippen molar-refractivity contribution < 1.29 is 14.4 Å². The first-order valence-electron chi connectivity index (χ1n) is 8.31. The normalized spacial score (nSPS) is 19.4. The molecule has 1 aliphatic heterocycles. The van der Waals surface area contributed by atoms with Crippen molar-refractivity contribution in [3.8, 4) is 0 Å². The fraction of sp³-hybridized carbons (Fsp3) is 0.625. The van der Waals surface area contributed by atoms with Crippen LogP contribution < -0.4 is 10.6 Å². The van der Waals surface area contributed by atoms with Crippen LogP contribution in [0.1, 0.15) is 57.6 Å². The van der Waals surface area contributed by atoms with E-state index in [9.17, 15) is 14.4 Å². The van der Waals surface area contributed by atoms with Gasteiger partial charge in [0.15, 0.2) is 5.13 Å². The Hall–Kier alpha value is -1.96. The number of imide groups is 1. The molecule has 0 bridgehead atoms. The van der Waals surface area contributed by atoms with E-state index in [0.29, 0.717) is 23.9 Å². The fourth-order valence-corrected chi connectivity index (χ4v) is 4.09. The van der Waals surface area contributed by atoms with E-state index in [1.54, 1.807) is 0 Å². The van der Waals surface area contributed by atoms with Gasteiger partial charge in [-0.3, -0.25) is 14.5 Å². The summed E-state index contributed by atoms with van der Waals surface area (Å²) in [6.07, 6.45) is 3.35. The minimum Gasteiger partial charge on any atom is -0.323 e. The average Bonchev–Trinajstić information content (AvgIpc) is 3.21.